The van der Waals surface area contributed by atoms with Gasteiger partial charge in [-0.05, 0) is 55.2 Å². The predicted octanol–water partition coefficient (Wildman–Crippen LogP) is 3.29. The van der Waals surface area contributed by atoms with Crippen molar-refractivity contribution < 1.29 is 19.1 Å². The van der Waals surface area contributed by atoms with E-state index in [-0.39, 0.29) is 23.6 Å². The van der Waals surface area contributed by atoms with Gasteiger partial charge >= 0.3 is 0 Å². The molecule has 3 amide bonds. The Kier molecular flexibility index (Phi) is 10.6. The number of nitrogens with one attached hydrogen (secondary N) is 4. The number of carbonyl (C=O) groups is 3. The Labute approximate surface area is 238 Å². The van der Waals surface area contributed by atoms with Crippen LogP contribution in [-0.4, -0.2) is 55.0 Å². The van der Waals surface area contributed by atoms with Gasteiger partial charge in [0.15, 0.2) is 0 Å². The maximum atomic E-state index is 13.8. The van der Waals surface area contributed by atoms with E-state index in [0.29, 0.717) is 45.4 Å². The van der Waals surface area contributed by atoms with Crippen LogP contribution < -0.4 is 26.0 Å². The molecule has 0 bridgehead atoms. The molecular formula is C32H44N4O4. The van der Waals surface area contributed by atoms with Crippen LogP contribution >= 0.6 is 0 Å². The zero-order valence-corrected chi connectivity index (χ0v) is 23.8. The predicted molar refractivity (Wildman–Crippen MR) is 156 cm³/mol. The van der Waals surface area contributed by atoms with Crippen molar-refractivity contribution in [1.29, 1.82) is 0 Å². The van der Waals surface area contributed by atoms with E-state index in [4.69, 9.17) is 4.74 Å². The lowest BCUT2D eigenvalue weighted by molar-refractivity contribution is -0.136. The van der Waals surface area contributed by atoms with Gasteiger partial charge < -0.3 is 26.0 Å². The van der Waals surface area contributed by atoms with E-state index < -0.39 is 17.6 Å². The monoisotopic (exact) mass is 548 g/mol. The molecule has 1 fully saturated rings. The fourth-order valence-corrected chi connectivity index (χ4v) is 5.68. The summed E-state index contributed by atoms with van der Waals surface area (Å²) in [6.45, 7) is 5.57. The van der Waals surface area contributed by atoms with Crippen LogP contribution in [0.3, 0.4) is 0 Å². The number of aryl methyl sites for hydroxylation is 1. The molecule has 1 aliphatic carbocycles. The fraction of sp³-hybridized carbons (Fsp3) is 0.531. The second kappa shape index (κ2) is 14.3. The molecule has 1 saturated carbocycles. The number of fused-ring (bicyclic) bond motifs is 1. The molecule has 2 aliphatic rings. The second-order valence-electron chi connectivity index (χ2n) is 11.5. The first-order valence-corrected chi connectivity index (χ1v) is 14.7. The van der Waals surface area contributed by atoms with Gasteiger partial charge in [0.2, 0.25) is 17.7 Å². The molecule has 40 heavy (non-hydrogen) atoms. The number of carbonyl (C=O) groups excluding carboxylic acids is 3. The van der Waals surface area contributed by atoms with Crippen molar-refractivity contribution >= 4 is 17.7 Å². The van der Waals surface area contributed by atoms with Crippen molar-refractivity contribution in [2.45, 2.75) is 82.8 Å². The summed E-state index contributed by atoms with van der Waals surface area (Å²) in [6, 6.07) is 16.4. The van der Waals surface area contributed by atoms with Gasteiger partial charge in [-0.2, -0.15) is 0 Å². The van der Waals surface area contributed by atoms with E-state index >= 15 is 0 Å². The zero-order chi connectivity index (χ0) is 28.4. The third-order valence-corrected chi connectivity index (χ3v) is 7.83. The molecular weight excluding hydrogens is 504 g/mol. The van der Waals surface area contributed by atoms with E-state index in [1.807, 2.05) is 54.6 Å². The number of ether oxygens (including phenoxy) is 1. The molecule has 8 heteroatoms. The first kappa shape index (κ1) is 29.6. The van der Waals surface area contributed by atoms with Gasteiger partial charge in [0.05, 0.1) is 6.04 Å². The Balaban J connectivity index is 1.59. The van der Waals surface area contributed by atoms with Crippen molar-refractivity contribution in [3.63, 3.8) is 0 Å². The molecule has 8 nitrogen and oxygen atoms in total. The van der Waals surface area contributed by atoms with Crippen molar-refractivity contribution in [3.8, 4) is 5.75 Å². The molecule has 4 rings (SSSR count). The Hall–Kier alpha value is -3.39. The molecule has 1 heterocycles. The summed E-state index contributed by atoms with van der Waals surface area (Å²) in [5.74, 6) is 0.421. The summed E-state index contributed by atoms with van der Waals surface area (Å²) in [4.78, 5) is 40.9. The minimum absolute atomic E-state index is 0.184. The highest BCUT2D eigenvalue weighted by Crippen LogP contribution is 2.30. The summed E-state index contributed by atoms with van der Waals surface area (Å²) in [5, 5.41) is 12.6. The molecule has 4 N–H and O–H groups in total. The first-order valence-electron chi connectivity index (χ1n) is 14.7. The van der Waals surface area contributed by atoms with E-state index in [0.717, 1.165) is 42.6 Å². The van der Waals surface area contributed by atoms with Crippen LogP contribution in [-0.2, 0) is 27.2 Å². The first-order chi connectivity index (χ1) is 19.4. The van der Waals surface area contributed by atoms with E-state index in [9.17, 15) is 14.4 Å². The molecule has 2 aromatic carbocycles. The summed E-state index contributed by atoms with van der Waals surface area (Å²) < 4.78 is 6.09. The molecule has 2 aromatic rings. The Morgan fingerprint density at radius 2 is 1.60 bits per heavy atom. The number of amides is 3. The Morgan fingerprint density at radius 1 is 0.875 bits per heavy atom. The largest absolute Gasteiger partial charge is 0.492 e. The van der Waals surface area contributed by atoms with Crippen LogP contribution in [0.15, 0.2) is 54.6 Å². The van der Waals surface area contributed by atoms with Crippen molar-refractivity contribution in [3.05, 3.63) is 65.7 Å². The number of hydrogen-bond acceptors (Lipinski definition) is 5. The smallest absolute Gasteiger partial charge is 0.246 e. The van der Waals surface area contributed by atoms with Crippen molar-refractivity contribution in [2.75, 3.05) is 19.7 Å². The topological polar surface area (TPSA) is 109 Å². The van der Waals surface area contributed by atoms with Crippen LogP contribution in [0.2, 0.25) is 0 Å². The third kappa shape index (κ3) is 8.07. The minimum Gasteiger partial charge on any atom is -0.492 e. The van der Waals surface area contributed by atoms with Crippen LogP contribution in [0.5, 0.6) is 5.75 Å². The highest BCUT2D eigenvalue weighted by Gasteiger charge is 2.44. The van der Waals surface area contributed by atoms with E-state index in [1.54, 1.807) is 0 Å². The summed E-state index contributed by atoms with van der Waals surface area (Å²) in [6.07, 6.45) is 5.30. The number of rotatable bonds is 4. The fourth-order valence-electron chi connectivity index (χ4n) is 5.68. The minimum atomic E-state index is -1.02. The van der Waals surface area contributed by atoms with Crippen LogP contribution in [0, 0.1) is 5.92 Å². The third-order valence-electron chi connectivity index (χ3n) is 7.83. The normalized spacial score (nSPS) is 22.8. The lowest BCUT2D eigenvalue weighted by atomic mass is 9.93. The van der Waals surface area contributed by atoms with Gasteiger partial charge in [-0.15, -0.1) is 0 Å². The molecule has 0 unspecified atom stereocenters. The molecule has 0 saturated heterocycles. The van der Waals surface area contributed by atoms with Gasteiger partial charge in [0, 0.05) is 19.5 Å². The van der Waals surface area contributed by atoms with Gasteiger partial charge in [-0.1, -0.05) is 75.2 Å². The summed E-state index contributed by atoms with van der Waals surface area (Å²) in [7, 11) is 0. The van der Waals surface area contributed by atoms with Gasteiger partial charge in [0.1, 0.15) is 23.9 Å². The highest BCUT2D eigenvalue weighted by atomic mass is 16.5. The maximum absolute atomic E-state index is 13.8. The average Bonchev–Trinajstić information content (AvgIpc) is 3.42. The highest BCUT2D eigenvalue weighted by molar-refractivity contribution is 5.96. The Bertz CT molecular complexity index is 1130. The lowest BCUT2D eigenvalue weighted by Gasteiger charge is -2.33. The summed E-state index contributed by atoms with van der Waals surface area (Å²) >= 11 is 0. The van der Waals surface area contributed by atoms with Gasteiger partial charge in [-0.25, -0.2) is 0 Å². The molecule has 1 spiro atoms. The summed E-state index contributed by atoms with van der Waals surface area (Å²) in [5.41, 5.74) is 1.01. The molecule has 0 aromatic heterocycles. The average molecular weight is 549 g/mol. The number of hydrogen-bond donors (Lipinski definition) is 4. The standard InChI is InChI=1S/C32H44N4O4/c1-23(2)21-26-30(38)36-32(16-8-9-17-32)31(39)35-27(22-24-11-4-3-5-12-24)29(37)34-18-10-14-25-13-6-7-15-28(25)40-20-19-33-26/h3-7,11-13,15,23,26-27,33H,8-10,14,16-22H2,1-2H3,(H,34,37)(H,35,39)(H,36,38)/t26-,27-/m0/s1. The molecule has 216 valence electrons. The van der Waals surface area contributed by atoms with Crippen LogP contribution in [0.4, 0.5) is 0 Å². The molecule has 1 aliphatic heterocycles. The van der Waals surface area contributed by atoms with Crippen LogP contribution in [0.25, 0.3) is 0 Å². The van der Waals surface area contributed by atoms with Gasteiger partial charge in [-0.3, -0.25) is 14.4 Å². The van der Waals surface area contributed by atoms with Crippen LogP contribution in [0.1, 0.15) is 63.5 Å². The lowest BCUT2D eigenvalue weighted by Crippen LogP contribution is -2.63. The number of para-hydroxylation sites is 1. The van der Waals surface area contributed by atoms with E-state index in [1.165, 1.54) is 0 Å². The zero-order valence-electron chi connectivity index (χ0n) is 23.8. The van der Waals surface area contributed by atoms with Gasteiger partial charge in [0.25, 0.3) is 0 Å². The number of benzene rings is 2. The molecule has 0 radical (unpaired) electrons. The van der Waals surface area contributed by atoms with Crippen molar-refractivity contribution in [2.24, 2.45) is 5.92 Å². The maximum Gasteiger partial charge on any atom is 0.246 e. The second-order valence-corrected chi connectivity index (χ2v) is 11.5. The Morgan fingerprint density at radius 3 is 2.35 bits per heavy atom. The molecule has 2 atom stereocenters. The van der Waals surface area contributed by atoms with Crippen molar-refractivity contribution in [1.82, 2.24) is 21.3 Å². The quantitative estimate of drug-likeness (QED) is 0.469. The SMILES string of the molecule is CC(C)C[C@@H]1NCCOc2ccccc2CCCNC(=O)[C@H](Cc2ccccc2)NC(=O)C2(CCCC2)NC1=O. The van der Waals surface area contributed by atoms with E-state index in [2.05, 4.69) is 35.1 Å².